The highest BCUT2D eigenvalue weighted by molar-refractivity contribution is 6.31. The van der Waals surface area contributed by atoms with Crippen molar-refractivity contribution in [3.05, 3.63) is 34.7 Å². The number of benzene rings is 1. The summed E-state index contributed by atoms with van der Waals surface area (Å²) in [7, 11) is 0. The van der Waals surface area contributed by atoms with Crippen LogP contribution in [0.4, 0.5) is 43.8 Å². The minimum absolute atomic E-state index is 0.00397. The van der Waals surface area contributed by atoms with Gasteiger partial charge in [-0.05, 0) is 26.0 Å². The molecule has 0 aliphatic carbocycles. The first-order chi connectivity index (χ1) is 35.9. The molecule has 0 radical (unpaired) electrons. The van der Waals surface area contributed by atoms with Crippen molar-refractivity contribution in [1.82, 2.24) is 24.8 Å². The van der Waals surface area contributed by atoms with Gasteiger partial charge in [0.05, 0.1) is 78.2 Å². The molecule has 0 spiro atoms. The highest BCUT2D eigenvalue weighted by Gasteiger charge is 2.38. The number of nitrogens with two attached hydrogens (primary N) is 2. The molecule has 1 aromatic carbocycles. The van der Waals surface area contributed by atoms with Gasteiger partial charge in [0, 0.05) is 37.8 Å². The molecule has 0 fully saturated rings. The number of aromatic nitrogens is 4. The van der Waals surface area contributed by atoms with Crippen molar-refractivity contribution in [2.75, 3.05) is 95.4 Å². The highest BCUT2D eigenvalue weighted by Crippen LogP contribution is 2.26. The molecule has 3 rings (SSSR count). The molecule has 8 atom stereocenters. The van der Waals surface area contributed by atoms with Gasteiger partial charge >= 0.3 is 18.3 Å². The number of nitrogens with one attached hydrogen (secondary N) is 1. The quantitative estimate of drug-likeness (QED) is 0.0124. The molecule has 16 N–H and O–H groups in total. The minimum atomic E-state index is -5.19. The zero-order valence-electron chi connectivity index (χ0n) is 41.2. The molecule has 440 valence electrons. The number of carbonyl (C=O) groups is 4. The average Bonchev–Trinajstić information content (AvgIpc) is 3.68. The van der Waals surface area contributed by atoms with Gasteiger partial charge in [-0.1, -0.05) is 11.6 Å². The van der Waals surface area contributed by atoms with Crippen LogP contribution in [0.15, 0.2) is 18.2 Å². The smallest absolute Gasteiger partial charge is 0.490 e. The van der Waals surface area contributed by atoms with Crippen LogP contribution in [-0.4, -0.2) is 240 Å². The number of anilines is 3. The Morgan fingerprint density at radius 3 is 1.69 bits per heavy atom. The normalized spacial score (nSPS) is 15.0. The Hall–Kier alpha value is -5.44. The zero-order valence-corrected chi connectivity index (χ0v) is 42.0. The fraction of sp³-hybridized carbons (Fsp3) is 0.643. The third-order valence-electron chi connectivity index (χ3n) is 10.5. The van der Waals surface area contributed by atoms with E-state index in [9.17, 15) is 76.8 Å². The third kappa shape index (κ3) is 22.8. The van der Waals surface area contributed by atoms with Crippen LogP contribution in [0.25, 0.3) is 11.0 Å². The van der Waals surface area contributed by atoms with Crippen molar-refractivity contribution in [2.45, 2.75) is 94.7 Å². The van der Waals surface area contributed by atoms with Crippen LogP contribution in [0.2, 0.25) is 5.15 Å². The Morgan fingerprint density at radius 2 is 1.26 bits per heavy atom. The predicted molar refractivity (Wildman–Crippen MR) is 250 cm³/mol. The van der Waals surface area contributed by atoms with Gasteiger partial charge in [0.2, 0.25) is 6.41 Å². The third-order valence-corrected chi connectivity index (χ3v) is 10.8. The number of carboxylic acid groups (broad SMARTS) is 2. The molecule has 0 unspecified atom stereocenters. The number of hydrogen-bond donors (Lipinski definition) is 14. The van der Waals surface area contributed by atoms with E-state index in [1.807, 2.05) is 29.0 Å². The van der Waals surface area contributed by atoms with Crippen molar-refractivity contribution in [2.24, 2.45) is 0 Å². The van der Waals surface area contributed by atoms with Crippen LogP contribution < -0.4 is 31.4 Å². The summed E-state index contributed by atoms with van der Waals surface area (Å²) in [6.07, 6.45) is -24.2. The molecule has 2 aromatic heterocycles. The van der Waals surface area contributed by atoms with Gasteiger partial charge in [0.25, 0.3) is 11.7 Å². The zero-order chi connectivity index (χ0) is 59.0. The van der Waals surface area contributed by atoms with Gasteiger partial charge in [0.1, 0.15) is 49.1 Å². The molecule has 0 saturated carbocycles. The van der Waals surface area contributed by atoms with E-state index in [0.717, 1.165) is 16.9 Å². The number of amides is 2. The summed E-state index contributed by atoms with van der Waals surface area (Å²) in [6, 6.07) is 5.32. The molecule has 2 amide bonds. The number of fused-ring (bicyclic) bond motifs is 1. The summed E-state index contributed by atoms with van der Waals surface area (Å²) in [6.45, 7) is 3.55. The Labute approximate surface area is 438 Å². The second kappa shape index (κ2) is 33.8. The Bertz CT molecular complexity index is 2240. The van der Waals surface area contributed by atoms with Crippen LogP contribution in [0.1, 0.15) is 30.0 Å². The largest absolute Gasteiger partial charge is 0.542 e. The monoisotopic (exact) mass is 1150 g/mol. The maximum atomic E-state index is 13.1. The SMILES string of the molecule is CCn1c(CN(C=O)c2nc(Cl)c(N)nc2N)[n+](CC)c2ccc(C(=O)NCCOCCOCCOCCN(C[C@H](O)[C@@H](O)[C@H](O)[C@H](O)CO)C[C@H](O)[C@@H](O)[C@H](O)[C@H](O)CO)cc21.O=C(O)C(F)(F)F.O=C([O-])C(F)(F)F. The van der Waals surface area contributed by atoms with Gasteiger partial charge in [-0.3, -0.25) is 19.4 Å². The molecule has 77 heavy (non-hydrogen) atoms. The highest BCUT2D eigenvalue weighted by atomic mass is 35.5. The number of carbonyl (C=O) groups excluding carboxylic acids is 3. The fourth-order valence-corrected chi connectivity index (χ4v) is 6.69. The van der Waals surface area contributed by atoms with Crippen molar-refractivity contribution in [3.63, 3.8) is 0 Å². The standard InChI is InChI=1S/C38H62ClN9O15.2C2HF3O2/c1-3-47-23-6-5-22(15-24(23)48(4-2)29(47)18-46(21-51)37-36(41)44-35(40)34(39)43-37)38(60)42-7-9-61-11-13-63-14-12-62-10-8-45(16-25(52)30(56)32(58)27(54)19-49)17-26(53)31(57)33(59)28(55)20-50;2*3-2(4,5)1(6)7/h5-6,15,21,25-28,30-33,49-50,52-59H,3-4,7-14,16-20H2,1-2H3,(H4-,40,41,42,44,60);2*(H,6,7)/t25-,26-,27+,28+,30+,31+,32+,33+;;/m0../s1. The van der Waals surface area contributed by atoms with E-state index in [0.29, 0.717) is 25.1 Å². The summed E-state index contributed by atoms with van der Waals surface area (Å²) in [5.41, 5.74) is 13.8. The number of hydrogen-bond acceptors (Lipinski definition) is 23. The van der Waals surface area contributed by atoms with E-state index in [2.05, 4.69) is 15.3 Å². The summed E-state index contributed by atoms with van der Waals surface area (Å²) >= 11 is 6.07. The van der Waals surface area contributed by atoms with Crippen molar-refractivity contribution in [3.8, 4) is 0 Å². The molecule has 0 bridgehead atoms. The van der Waals surface area contributed by atoms with E-state index in [4.69, 9.17) is 67.3 Å². The maximum Gasteiger partial charge on any atom is 0.490 e. The number of nitrogens with zero attached hydrogens (tertiary/aromatic N) is 6. The van der Waals surface area contributed by atoms with Crippen LogP contribution in [0, 0.1) is 0 Å². The lowest BCUT2D eigenvalue weighted by molar-refractivity contribution is -0.676. The predicted octanol–water partition coefficient (Wildman–Crippen LogP) is -5.38. The first-order valence-corrected chi connectivity index (χ1v) is 23.1. The molecular weight excluding hydrogens is 1080 g/mol. The number of rotatable bonds is 31. The number of aryl methyl sites for hydroxylation is 2. The molecule has 0 saturated heterocycles. The lowest BCUT2D eigenvalue weighted by Gasteiger charge is -2.33. The van der Waals surface area contributed by atoms with E-state index >= 15 is 0 Å². The first kappa shape index (κ1) is 69.6. The van der Waals surface area contributed by atoms with Crippen LogP contribution in [0.5, 0.6) is 0 Å². The van der Waals surface area contributed by atoms with Crippen LogP contribution in [-0.2, 0) is 48.2 Å². The average molecular weight is 1150 g/mol. The minimum Gasteiger partial charge on any atom is -0.542 e. The number of aliphatic carboxylic acids is 2. The van der Waals surface area contributed by atoms with Gasteiger partial charge in [-0.25, -0.2) is 23.9 Å². The molecule has 0 aliphatic rings. The fourth-order valence-electron chi connectivity index (χ4n) is 6.57. The number of carboxylic acids is 2. The number of aliphatic hydroxyl groups is 10. The second-order valence-electron chi connectivity index (χ2n) is 16.0. The number of aliphatic hydroxyl groups excluding tert-OH is 10. The molecule has 0 aliphatic heterocycles. The van der Waals surface area contributed by atoms with Crippen molar-refractivity contribution >= 4 is 64.3 Å². The Balaban J connectivity index is 0.00000185. The molecular formula is C42H64ClF6N9O19. The van der Waals surface area contributed by atoms with Crippen LogP contribution >= 0.6 is 11.6 Å². The van der Waals surface area contributed by atoms with Crippen molar-refractivity contribution < 1.29 is 126 Å². The van der Waals surface area contributed by atoms with E-state index < -0.39 is 99.4 Å². The van der Waals surface area contributed by atoms with E-state index in [-0.39, 0.29) is 87.8 Å². The first-order valence-electron chi connectivity index (χ1n) is 22.8. The topological polar surface area (TPSA) is 447 Å². The second-order valence-corrected chi connectivity index (χ2v) is 16.3. The van der Waals surface area contributed by atoms with Gasteiger partial charge < -0.3 is 97.1 Å². The summed E-state index contributed by atoms with van der Waals surface area (Å²) in [4.78, 5) is 53.7. The Kier molecular flexibility index (Phi) is 30.5. The number of alkyl halides is 6. The summed E-state index contributed by atoms with van der Waals surface area (Å²) in [5.74, 6) is -5.39. The lowest BCUT2D eigenvalue weighted by atomic mass is 10.0. The maximum absolute atomic E-state index is 13.1. The molecule has 2 heterocycles. The Morgan fingerprint density at radius 1 is 0.792 bits per heavy atom. The number of ether oxygens (including phenoxy) is 3. The number of halogens is 7. The van der Waals surface area contributed by atoms with E-state index in [1.54, 1.807) is 12.1 Å². The van der Waals surface area contributed by atoms with Gasteiger partial charge in [-0.2, -0.15) is 26.3 Å². The molecule has 3 aromatic rings. The number of nitrogen functional groups attached to an aromatic ring is 2. The number of imidazole rings is 1. The summed E-state index contributed by atoms with van der Waals surface area (Å²) < 4.78 is 83.9. The lowest BCUT2D eigenvalue weighted by Crippen LogP contribution is -2.53. The van der Waals surface area contributed by atoms with Gasteiger partial charge in [0.15, 0.2) is 33.6 Å². The van der Waals surface area contributed by atoms with Gasteiger partial charge in [-0.15, -0.1) is 0 Å². The summed E-state index contributed by atoms with van der Waals surface area (Å²) in [5, 5.41) is 117. The molecule has 28 nitrogen and oxygen atoms in total. The molecule has 35 heteroatoms. The van der Waals surface area contributed by atoms with E-state index in [1.165, 1.54) is 9.80 Å². The van der Waals surface area contributed by atoms with Crippen LogP contribution in [0.3, 0.4) is 0 Å². The van der Waals surface area contributed by atoms with Crippen molar-refractivity contribution in [1.29, 1.82) is 0 Å².